The quantitative estimate of drug-likeness (QED) is 0.682. The standard InChI is InChI=1S/C12H17N5/c1-9-15-12(17-16-9)10-4-2-5-11(8-10)14-7-3-6-13/h2,4-5,8,14H,3,6-7,13H2,1H3,(H,15,16,17). The highest BCUT2D eigenvalue weighted by atomic mass is 15.2. The van der Waals surface area contributed by atoms with Crippen LogP contribution in [0.25, 0.3) is 11.4 Å². The Kier molecular flexibility index (Phi) is 3.72. The lowest BCUT2D eigenvalue weighted by Crippen LogP contribution is -2.08. The van der Waals surface area contributed by atoms with Crippen LogP contribution in [0, 0.1) is 6.92 Å². The lowest BCUT2D eigenvalue weighted by molar-refractivity contribution is 0.874. The summed E-state index contributed by atoms with van der Waals surface area (Å²) in [6.07, 6.45) is 0.962. The Morgan fingerprint density at radius 3 is 3.00 bits per heavy atom. The molecular formula is C12H17N5. The number of anilines is 1. The smallest absolute Gasteiger partial charge is 0.181 e. The molecule has 0 aliphatic heterocycles. The number of nitrogens with one attached hydrogen (secondary N) is 2. The van der Waals surface area contributed by atoms with Crippen LogP contribution in [0.4, 0.5) is 5.69 Å². The third-order valence-electron chi connectivity index (χ3n) is 2.43. The van der Waals surface area contributed by atoms with E-state index in [1.165, 1.54) is 0 Å². The predicted octanol–water partition coefficient (Wildman–Crippen LogP) is 1.54. The molecule has 0 bridgehead atoms. The minimum atomic E-state index is 0.701. The van der Waals surface area contributed by atoms with E-state index in [0.717, 1.165) is 35.9 Å². The van der Waals surface area contributed by atoms with E-state index in [-0.39, 0.29) is 0 Å². The molecule has 0 spiro atoms. The van der Waals surface area contributed by atoms with Gasteiger partial charge < -0.3 is 11.1 Å². The Hall–Kier alpha value is -1.88. The number of aromatic amines is 1. The predicted molar refractivity (Wildman–Crippen MR) is 68.7 cm³/mol. The fraction of sp³-hybridized carbons (Fsp3) is 0.333. The van der Waals surface area contributed by atoms with Gasteiger partial charge in [0.1, 0.15) is 5.82 Å². The van der Waals surface area contributed by atoms with Crippen molar-refractivity contribution in [3.63, 3.8) is 0 Å². The van der Waals surface area contributed by atoms with Crippen molar-refractivity contribution in [2.75, 3.05) is 18.4 Å². The maximum absolute atomic E-state index is 5.45. The zero-order chi connectivity index (χ0) is 12.1. The molecule has 4 N–H and O–H groups in total. The molecule has 0 saturated carbocycles. The van der Waals surface area contributed by atoms with Crippen molar-refractivity contribution in [3.05, 3.63) is 30.1 Å². The van der Waals surface area contributed by atoms with Gasteiger partial charge in [0.2, 0.25) is 0 Å². The summed E-state index contributed by atoms with van der Waals surface area (Å²) >= 11 is 0. The lowest BCUT2D eigenvalue weighted by Gasteiger charge is -2.06. The van der Waals surface area contributed by atoms with Gasteiger partial charge in [0, 0.05) is 17.8 Å². The van der Waals surface area contributed by atoms with Gasteiger partial charge in [-0.05, 0) is 32.0 Å². The molecule has 5 heteroatoms. The molecular weight excluding hydrogens is 214 g/mol. The highest BCUT2D eigenvalue weighted by Crippen LogP contribution is 2.19. The average molecular weight is 231 g/mol. The van der Waals surface area contributed by atoms with Gasteiger partial charge in [-0.15, -0.1) is 0 Å². The molecule has 0 saturated heterocycles. The molecule has 1 aromatic carbocycles. The first kappa shape index (κ1) is 11.6. The number of aromatic nitrogens is 3. The van der Waals surface area contributed by atoms with E-state index >= 15 is 0 Å². The Balaban J connectivity index is 2.11. The molecule has 0 atom stereocenters. The molecule has 0 fully saturated rings. The van der Waals surface area contributed by atoms with Crippen LogP contribution < -0.4 is 11.1 Å². The van der Waals surface area contributed by atoms with E-state index in [2.05, 4.69) is 20.5 Å². The van der Waals surface area contributed by atoms with E-state index in [1.807, 2.05) is 31.2 Å². The van der Waals surface area contributed by atoms with Crippen LogP contribution in [0.15, 0.2) is 24.3 Å². The lowest BCUT2D eigenvalue weighted by atomic mass is 10.2. The van der Waals surface area contributed by atoms with Crippen LogP contribution in [0.2, 0.25) is 0 Å². The molecule has 5 nitrogen and oxygen atoms in total. The molecule has 17 heavy (non-hydrogen) atoms. The molecule has 0 unspecified atom stereocenters. The number of aryl methyl sites for hydroxylation is 1. The summed E-state index contributed by atoms with van der Waals surface area (Å²) < 4.78 is 0. The van der Waals surface area contributed by atoms with Crippen LogP contribution in [0.1, 0.15) is 12.2 Å². The Bertz CT molecular complexity index is 477. The van der Waals surface area contributed by atoms with Gasteiger partial charge in [-0.3, -0.25) is 5.10 Å². The Morgan fingerprint density at radius 1 is 1.41 bits per heavy atom. The van der Waals surface area contributed by atoms with Crippen LogP contribution in [0.3, 0.4) is 0 Å². The number of benzene rings is 1. The molecule has 1 aromatic heterocycles. The van der Waals surface area contributed by atoms with E-state index in [0.29, 0.717) is 6.54 Å². The van der Waals surface area contributed by atoms with Crippen molar-refractivity contribution in [2.45, 2.75) is 13.3 Å². The van der Waals surface area contributed by atoms with E-state index in [9.17, 15) is 0 Å². The summed E-state index contributed by atoms with van der Waals surface area (Å²) in [6, 6.07) is 8.06. The Morgan fingerprint density at radius 2 is 2.29 bits per heavy atom. The zero-order valence-electron chi connectivity index (χ0n) is 9.90. The molecule has 0 aliphatic carbocycles. The van der Waals surface area contributed by atoms with Crippen LogP contribution >= 0.6 is 0 Å². The van der Waals surface area contributed by atoms with Gasteiger partial charge >= 0.3 is 0 Å². The van der Waals surface area contributed by atoms with Crippen molar-refractivity contribution in [1.82, 2.24) is 15.2 Å². The number of nitrogens with two attached hydrogens (primary N) is 1. The SMILES string of the molecule is Cc1nc(-c2cccc(NCCCN)c2)n[nH]1. The molecule has 0 aliphatic rings. The second-order valence-corrected chi connectivity index (χ2v) is 3.89. The summed E-state index contributed by atoms with van der Waals surface area (Å²) in [5.74, 6) is 1.55. The topological polar surface area (TPSA) is 79.6 Å². The summed E-state index contributed by atoms with van der Waals surface area (Å²) in [5, 5.41) is 10.3. The Labute approximate surface area is 100 Å². The van der Waals surface area contributed by atoms with E-state index in [1.54, 1.807) is 0 Å². The molecule has 90 valence electrons. The monoisotopic (exact) mass is 231 g/mol. The summed E-state index contributed by atoms with van der Waals surface area (Å²) in [4.78, 5) is 4.30. The van der Waals surface area contributed by atoms with Gasteiger partial charge in [-0.1, -0.05) is 12.1 Å². The number of rotatable bonds is 5. The molecule has 0 amide bonds. The third-order valence-corrected chi connectivity index (χ3v) is 2.43. The summed E-state index contributed by atoms with van der Waals surface area (Å²) in [7, 11) is 0. The molecule has 1 heterocycles. The second-order valence-electron chi connectivity index (χ2n) is 3.89. The molecule has 2 rings (SSSR count). The largest absolute Gasteiger partial charge is 0.385 e. The summed E-state index contributed by atoms with van der Waals surface area (Å²) in [5.41, 5.74) is 7.53. The first-order valence-corrected chi connectivity index (χ1v) is 5.73. The van der Waals surface area contributed by atoms with Gasteiger partial charge in [0.05, 0.1) is 0 Å². The highest BCUT2D eigenvalue weighted by Gasteiger charge is 2.03. The number of nitrogens with zero attached hydrogens (tertiary/aromatic N) is 2. The minimum Gasteiger partial charge on any atom is -0.385 e. The maximum atomic E-state index is 5.45. The summed E-state index contributed by atoms with van der Waals surface area (Å²) in [6.45, 7) is 3.47. The normalized spacial score (nSPS) is 10.5. The molecule has 0 radical (unpaired) electrons. The first-order chi connectivity index (χ1) is 8.29. The number of hydrogen-bond acceptors (Lipinski definition) is 4. The third kappa shape index (κ3) is 3.04. The number of hydrogen-bond donors (Lipinski definition) is 3. The maximum Gasteiger partial charge on any atom is 0.181 e. The van der Waals surface area contributed by atoms with E-state index in [4.69, 9.17) is 5.73 Å². The fourth-order valence-corrected chi connectivity index (χ4v) is 1.57. The minimum absolute atomic E-state index is 0.701. The first-order valence-electron chi connectivity index (χ1n) is 5.73. The highest BCUT2D eigenvalue weighted by molar-refractivity contribution is 5.62. The van der Waals surface area contributed by atoms with Gasteiger partial charge in [0.15, 0.2) is 5.82 Å². The van der Waals surface area contributed by atoms with E-state index < -0.39 is 0 Å². The molecule has 2 aromatic rings. The van der Waals surface area contributed by atoms with Crippen molar-refractivity contribution < 1.29 is 0 Å². The fourth-order valence-electron chi connectivity index (χ4n) is 1.57. The van der Waals surface area contributed by atoms with Crippen molar-refractivity contribution in [1.29, 1.82) is 0 Å². The van der Waals surface area contributed by atoms with Crippen LogP contribution in [-0.2, 0) is 0 Å². The van der Waals surface area contributed by atoms with Gasteiger partial charge in [-0.2, -0.15) is 5.10 Å². The average Bonchev–Trinajstić information content (AvgIpc) is 2.77. The van der Waals surface area contributed by atoms with Crippen molar-refractivity contribution >= 4 is 5.69 Å². The van der Waals surface area contributed by atoms with Crippen molar-refractivity contribution in [3.8, 4) is 11.4 Å². The second kappa shape index (κ2) is 5.45. The van der Waals surface area contributed by atoms with Crippen LogP contribution in [0.5, 0.6) is 0 Å². The van der Waals surface area contributed by atoms with Gasteiger partial charge in [0.25, 0.3) is 0 Å². The van der Waals surface area contributed by atoms with Crippen LogP contribution in [-0.4, -0.2) is 28.3 Å². The van der Waals surface area contributed by atoms with Crippen molar-refractivity contribution in [2.24, 2.45) is 5.73 Å². The van der Waals surface area contributed by atoms with Gasteiger partial charge in [-0.25, -0.2) is 4.98 Å². The zero-order valence-corrected chi connectivity index (χ0v) is 9.90. The number of H-pyrrole nitrogens is 1.